The third-order valence-corrected chi connectivity index (χ3v) is 11.0. The molecule has 1 aromatic heterocycles. The Balaban J connectivity index is 1.42. The van der Waals surface area contributed by atoms with E-state index in [4.69, 9.17) is 0 Å². The van der Waals surface area contributed by atoms with Crippen LogP contribution in [-0.4, -0.2) is 0 Å². The van der Waals surface area contributed by atoms with E-state index in [1.54, 1.807) is 0 Å². The molecule has 1 nitrogen and oxygen atoms in total. The first-order valence-electron chi connectivity index (χ1n) is 16.4. The van der Waals surface area contributed by atoms with Gasteiger partial charge in [0.2, 0.25) is 0 Å². The van der Waals surface area contributed by atoms with E-state index in [9.17, 15) is 0 Å². The molecule has 0 amide bonds. The van der Waals surface area contributed by atoms with Crippen molar-refractivity contribution in [3.8, 4) is 11.1 Å². The van der Waals surface area contributed by atoms with Crippen LogP contribution in [0.15, 0.2) is 176 Å². The Kier molecular flexibility index (Phi) is 6.12. The second kappa shape index (κ2) is 10.8. The number of fused-ring (bicyclic) bond motifs is 10. The van der Waals surface area contributed by atoms with Crippen LogP contribution in [-0.2, 0) is 0 Å². The number of rotatable bonds is 4. The largest absolute Gasteiger partial charge is 0.308 e. The molecule has 9 aromatic carbocycles. The van der Waals surface area contributed by atoms with E-state index >= 15 is 0 Å². The zero-order valence-electron chi connectivity index (χ0n) is 26.1. The van der Waals surface area contributed by atoms with Crippen molar-refractivity contribution >= 4 is 91.7 Å². The molecule has 10 aromatic rings. The Hall–Kier alpha value is -5.96. The van der Waals surface area contributed by atoms with E-state index in [1.165, 1.54) is 85.8 Å². The van der Waals surface area contributed by atoms with Gasteiger partial charge in [0.25, 0.3) is 0 Å². The average Bonchev–Trinajstić information content (AvgIpc) is 3.55. The molecule has 0 spiro atoms. The predicted octanol–water partition coefficient (Wildman–Crippen LogP) is 13.8. The lowest BCUT2D eigenvalue weighted by molar-refractivity contribution is 1.32. The van der Waals surface area contributed by atoms with Crippen LogP contribution in [0.1, 0.15) is 0 Å². The topological polar surface area (TPSA) is 3.24 Å². The van der Waals surface area contributed by atoms with Gasteiger partial charge in [0, 0.05) is 26.4 Å². The number of nitrogens with zero attached hydrogens (tertiary/aromatic N) is 1. The lowest BCUT2D eigenvalue weighted by Gasteiger charge is -2.30. The number of anilines is 3. The summed E-state index contributed by atoms with van der Waals surface area (Å²) in [7, 11) is 0. The zero-order chi connectivity index (χ0) is 31.6. The maximum absolute atomic E-state index is 2.55. The molecule has 0 unspecified atom stereocenters. The third-order valence-electron chi connectivity index (χ3n) is 9.79. The summed E-state index contributed by atoms with van der Waals surface area (Å²) < 4.78 is 2.59. The highest BCUT2D eigenvalue weighted by molar-refractivity contribution is 7.26. The number of hydrogen-bond acceptors (Lipinski definition) is 2. The Morgan fingerprint density at radius 1 is 0.354 bits per heavy atom. The van der Waals surface area contributed by atoms with Gasteiger partial charge >= 0.3 is 0 Å². The van der Waals surface area contributed by atoms with Crippen LogP contribution in [0.25, 0.3) is 74.4 Å². The minimum atomic E-state index is 1.16. The standard InChI is InChI=1S/C46H29NS/c1-2-14-30(15-3-1)34-19-10-12-24-40(34)47(42-29-33-18-6-9-22-37(33)45-39-23-11-13-25-43(39)48-46(42)45)41-28-32-17-5-8-21-36(32)44-35-20-7-4-16-31(35)26-27-38(41)44/h1-29H. The van der Waals surface area contributed by atoms with Gasteiger partial charge in [-0.25, -0.2) is 0 Å². The number of thiophene rings is 1. The van der Waals surface area contributed by atoms with Gasteiger partial charge in [-0.2, -0.15) is 0 Å². The number of benzene rings is 9. The fourth-order valence-electron chi connectivity index (χ4n) is 7.68. The van der Waals surface area contributed by atoms with E-state index in [-0.39, 0.29) is 0 Å². The van der Waals surface area contributed by atoms with Crippen LogP contribution >= 0.6 is 11.3 Å². The molecule has 0 saturated heterocycles. The van der Waals surface area contributed by atoms with E-state index < -0.39 is 0 Å². The molecule has 0 radical (unpaired) electrons. The Morgan fingerprint density at radius 2 is 0.917 bits per heavy atom. The van der Waals surface area contributed by atoms with Crippen molar-refractivity contribution in [1.29, 1.82) is 0 Å². The highest BCUT2D eigenvalue weighted by atomic mass is 32.1. The molecule has 0 atom stereocenters. The van der Waals surface area contributed by atoms with E-state index in [1.807, 2.05) is 11.3 Å². The molecular weight excluding hydrogens is 599 g/mol. The van der Waals surface area contributed by atoms with E-state index in [2.05, 4.69) is 181 Å². The molecule has 2 heteroatoms. The summed E-state index contributed by atoms with van der Waals surface area (Å²) in [5, 5.41) is 12.7. The van der Waals surface area contributed by atoms with Gasteiger partial charge < -0.3 is 4.90 Å². The molecule has 0 aliphatic heterocycles. The van der Waals surface area contributed by atoms with Crippen molar-refractivity contribution in [2.45, 2.75) is 0 Å². The fraction of sp³-hybridized carbons (Fsp3) is 0. The van der Waals surface area contributed by atoms with Crippen LogP contribution in [0, 0.1) is 0 Å². The Bertz CT molecular complexity index is 2830. The normalized spacial score (nSPS) is 11.8. The minimum absolute atomic E-state index is 1.16. The van der Waals surface area contributed by atoms with Crippen molar-refractivity contribution in [3.05, 3.63) is 176 Å². The van der Waals surface area contributed by atoms with Crippen LogP contribution in [0.3, 0.4) is 0 Å². The minimum Gasteiger partial charge on any atom is -0.308 e. The molecule has 0 saturated carbocycles. The van der Waals surface area contributed by atoms with Crippen molar-refractivity contribution in [2.75, 3.05) is 4.90 Å². The number of hydrogen-bond donors (Lipinski definition) is 0. The SMILES string of the molecule is c1ccc(-c2ccccc2N(c2cc3ccccc3c3c2ccc2ccccc23)c2cc3ccccc3c3c2sc2ccccc23)cc1. The van der Waals surface area contributed by atoms with Gasteiger partial charge in [0.05, 0.1) is 21.8 Å². The summed E-state index contributed by atoms with van der Waals surface area (Å²) in [5.74, 6) is 0. The number of para-hydroxylation sites is 1. The van der Waals surface area contributed by atoms with Gasteiger partial charge in [-0.1, -0.05) is 152 Å². The summed E-state index contributed by atoms with van der Waals surface area (Å²) in [6.45, 7) is 0. The summed E-state index contributed by atoms with van der Waals surface area (Å²) in [6, 6.07) is 64.5. The zero-order valence-corrected chi connectivity index (χ0v) is 26.9. The second-order valence-corrected chi connectivity index (χ2v) is 13.5. The van der Waals surface area contributed by atoms with Crippen LogP contribution < -0.4 is 4.90 Å². The van der Waals surface area contributed by atoms with Gasteiger partial charge in [0.15, 0.2) is 0 Å². The molecule has 1 heterocycles. The van der Waals surface area contributed by atoms with Crippen molar-refractivity contribution < 1.29 is 0 Å². The van der Waals surface area contributed by atoms with Crippen LogP contribution in [0.2, 0.25) is 0 Å². The summed E-state index contributed by atoms with van der Waals surface area (Å²) in [6.07, 6.45) is 0. The highest BCUT2D eigenvalue weighted by Crippen LogP contribution is 2.52. The maximum Gasteiger partial charge on any atom is 0.0647 e. The summed E-state index contributed by atoms with van der Waals surface area (Å²) >= 11 is 1.89. The Labute approximate surface area is 282 Å². The first-order chi connectivity index (χ1) is 23.8. The van der Waals surface area contributed by atoms with Gasteiger partial charge in [-0.15, -0.1) is 11.3 Å². The first kappa shape index (κ1) is 27.2. The smallest absolute Gasteiger partial charge is 0.0647 e. The Morgan fingerprint density at radius 3 is 1.69 bits per heavy atom. The lowest BCUT2D eigenvalue weighted by Crippen LogP contribution is -2.12. The molecule has 0 N–H and O–H groups in total. The van der Waals surface area contributed by atoms with Crippen LogP contribution in [0.4, 0.5) is 17.1 Å². The molecule has 0 aliphatic rings. The lowest BCUT2D eigenvalue weighted by atomic mass is 9.93. The molecule has 48 heavy (non-hydrogen) atoms. The molecule has 10 rings (SSSR count). The van der Waals surface area contributed by atoms with Crippen molar-refractivity contribution in [1.82, 2.24) is 0 Å². The molecular formula is C46H29NS. The van der Waals surface area contributed by atoms with Crippen molar-refractivity contribution in [2.24, 2.45) is 0 Å². The second-order valence-electron chi connectivity index (χ2n) is 12.5. The summed E-state index contributed by atoms with van der Waals surface area (Å²) in [4.78, 5) is 2.55. The average molecular weight is 628 g/mol. The molecule has 224 valence electrons. The predicted molar refractivity (Wildman–Crippen MR) is 209 cm³/mol. The van der Waals surface area contributed by atoms with E-state index in [0.717, 1.165) is 5.69 Å². The molecule has 0 aliphatic carbocycles. The van der Waals surface area contributed by atoms with Gasteiger partial charge in [-0.3, -0.25) is 0 Å². The van der Waals surface area contributed by atoms with Crippen molar-refractivity contribution in [3.63, 3.8) is 0 Å². The van der Waals surface area contributed by atoms with E-state index in [0.29, 0.717) is 0 Å². The maximum atomic E-state index is 2.55. The fourth-order valence-corrected chi connectivity index (χ4v) is 8.90. The summed E-state index contributed by atoms with van der Waals surface area (Å²) in [5.41, 5.74) is 5.91. The molecule has 0 bridgehead atoms. The first-order valence-corrected chi connectivity index (χ1v) is 17.3. The monoisotopic (exact) mass is 627 g/mol. The third kappa shape index (κ3) is 4.10. The molecule has 0 fully saturated rings. The quantitative estimate of drug-likeness (QED) is 0.176. The van der Waals surface area contributed by atoms with Gasteiger partial charge in [-0.05, 0) is 67.5 Å². The van der Waals surface area contributed by atoms with Gasteiger partial charge in [0.1, 0.15) is 0 Å². The van der Waals surface area contributed by atoms with Crippen LogP contribution in [0.5, 0.6) is 0 Å². The highest BCUT2D eigenvalue weighted by Gasteiger charge is 2.25.